The Balaban J connectivity index is 1.58. The van der Waals surface area contributed by atoms with Crippen LogP contribution in [0.15, 0.2) is 58.9 Å². The Morgan fingerprint density at radius 2 is 1.72 bits per heavy atom. The summed E-state index contributed by atoms with van der Waals surface area (Å²) in [6.45, 7) is 0. The lowest BCUT2D eigenvalue weighted by Crippen LogP contribution is -2.65. The average Bonchev–Trinajstić information content (AvgIpc) is 3.02. The van der Waals surface area contributed by atoms with Crippen molar-refractivity contribution in [3.8, 4) is 28.7 Å². The third-order valence-electron chi connectivity index (χ3n) is 10.1. The number of phenolic OH excluding ortho intramolecular Hbond substituents is 1. The monoisotopic (exact) mass is 637 g/mol. The van der Waals surface area contributed by atoms with Crippen LogP contribution in [0.25, 0.3) is 16.9 Å². The highest BCUT2D eigenvalue weighted by Crippen LogP contribution is 2.54. The summed E-state index contributed by atoms with van der Waals surface area (Å²) in [7, 11) is 7.03. The minimum absolute atomic E-state index is 0.0151. The second-order valence-electron chi connectivity index (χ2n) is 13.3. The van der Waals surface area contributed by atoms with Gasteiger partial charge in [-0.1, -0.05) is 30.0 Å². The Morgan fingerprint density at radius 1 is 1.02 bits per heavy atom. The fourth-order valence-corrected chi connectivity index (χ4v) is 7.70. The summed E-state index contributed by atoms with van der Waals surface area (Å²) in [6.07, 6.45) is 6.19. The summed E-state index contributed by atoms with van der Waals surface area (Å²) < 4.78 is 0. The summed E-state index contributed by atoms with van der Waals surface area (Å²) >= 11 is 0. The van der Waals surface area contributed by atoms with E-state index in [9.17, 15) is 34.8 Å². The van der Waals surface area contributed by atoms with Gasteiger partial charge in [0.25, 0.3) is 5.91 Å². The number of anilines is 1. The first-order valence-corrected chi connectivity index (χ1v) is 15.8. The van der Waals surface area contributed by atoms with E-state index in [2.05, 4.69) is 17.9 Å². The molecule has 4 aliphatic carbocycles. The Morgan fingerprint density at radius 3 is 2.32 bits per heavy atom. The number of rotatable bonds is 4. The molecule has 1 unspecified atom stereocenters. The summed E-state index contributed by atoms with van der Waals surface area (Å²) in [5.74, 6) is -0.611. The number of aliphatic hydroxyl groups is 3. The summed E-state index contributed by atoms with van der Waals surface area (Å²) in [4.78, 5) is 43.5. The van der Waals surface area contributed by atoms with E-state index in [1.54, 1.807) is 20.2 Å². The minimum Gasteiger partial charge on any atom is -0.508 e. The zero-order valence-electron chi connectivity index (χ0n) is 26.9. The quantitative estimate of drug-likeness (QED) is 0.249. The van der Waals surface area contributed by atoms with Crippen LogP contribution in [0.5, 0.6) is 5.75 Å². The molecule has 0 saturated heterocycles. The SMILES string of the molecule is CN(C)c1ccc(-c2cc(C#CC3=CCCCC3)c(O)c3c2C[C@@H]2C[C@@H]4C(N(C)C)C(=O)C(C(N)=O)=C(O)[C@@]4(O)C(=O)C2=C3O)cc1. The molecule has 2 aromatic rings. The Hall–Kier alpha value is -4.85. The Labute approximate surface area is 273 Å². The highest BCUT2D eigenvalue weighted by atomic mass is 16.3. The normalized spacial score (nSPS) is 25.4. The van der Waals surface area contributed by atoms with Gasteiger partial charge in [0.15, 0.2) is 11.4 Å². The zero-order chi connectivity index (χ0) is 33.9. The van der Waals surface area contributed by atoms with Crippen molar-refractivity contribution in [2.75, 3.05) is 33.1 Å². The molecule has 1 fully saturated rings. The highest BCUT2D eigenvalue weighted by Gasteiger charge is 2.64. The first-order valence-electron chi connectivity index (χ1n) is 15.8. The lowest BCUT2D eigenvalue weighted by Gasteiger charge is -2.50. The number of carbonyl (C=O) groups excluding carboxylic acids is 3. The number of nitrogens with zero attached hydrogens (tertiary/aromatic N) is 2. The molecule has 1 amide bonds. The number of nitrogens with two attached hydrogens (primary N) is 1. The maximum Gasteiger partial charge on any atom is 0.255 e. The van der Waals surface area contributed by atoms with Crippen LogP contribution in [0.2, 0.25) is 0 Å². The number of ketones is 2. The van der Waals surface area contributed by atoms with Crippen LogP contribution in [-0.4, -0.2) is 82.6 Å². The standard InChI is InChI=1S/C37H39N3O7/c1-39(2)23-14-12-20(13-15-23)24-16-21(11-10-19-8-6-5-7-9-19)31(41)28-25(24)17-22-18-26-30(40(3)4)33(43)29(36(38)46)35(45)37(26,47)34(44)27(22)32(28)42/h8,12-16,22,26,30,41-42,45,47H,5-7,9,17-18H2,1-4H3,(H2,38,46)/t22-,26-,30?,37+/m1/s1. The molecule has 0 bridgehead atoms. The largest absolute Gasteiger partial charge is 0.508 e. The van der Waals surface area contributed by atoms with E-state index in [1.807, 2.05) is 43.3 Å². The molecular formula is C37H39N3O7. The first-order chi connectivity index (χ1) is 22.3. The van der Waals surface area contributed by atoms with Gasteiger partial charge in [0.1, 0.15) is 22.8 Å². The maximum atomic E-state index is 14.3. The molecule has 0 spiro atoms. The van der Waals surface area contributed by atoms with Crippen molar-refractivity contribution in [1.29, 1.82) is 0 Å². The topological polar surface area (TPSA) is 165 Å². The van der Waals surface area contributed by atoms with E-state index >= 15 is 0 Å². The van der Waals surface area contributed by atoms with Gasteiger partial charge in [0, 0.05) is 31.3 Å². The lowest BCUT2D eigenvalue weighted by molar-refractivity contribution is -0.153. The highest BCUT2D eigenvalue weighted by molar-refractivity contribution is 6.24. The van der Waals surface area contributed by atoms with Crippen LogP contribution in [0.1, 0.15) is 48.8 Å². The van der Waals surface area contributed by atoms with Gasteiger partial charge < -0.3 is 31.1 Å². The van der Waals surface area contributed by atoms with E-state index in [4.69, 9.17) is 5.73 Å². The molecule has 10 heteroatoms. The molecule has 47 heavy (non-hydrogen) atoms. The smallest absolute Gasteiger partial charge is 0.255 e. The molecule has 2 aromatic carbocycles. The number of allylic oxidation sites excluding steroid dienone is 2. The molecule has 0 aliphatic heterocycles. The van der Waals surface area contributed by atoms with Gasteiger partial charge in [-0.25, -0.2) is 0 Å². The first kappa shape index (κ1) is 32.1. The Bertz CT molecular complexity index is 1870. The summed E-state index contributed by atoms with van der Waals surface area (Å²) in [5, 5.41) is 46.6. The predicted molar refractivity (Wildman–Crippen MR) is 177 cm³/mol. The number of aliphatic hydroxyl groups excluding tert-OH is 2. The van der Waals surface area contributed by atoms with Gasteiger partial charge >= 0.3 is 0 Å². The second-order valence-corrected chi connectivity index (χ2v) is 13.3. The molecule has 244 valence electrons. The molecule has 4 atom stereocenters. The third-order valence-corrected chi connectivity index (χ3v) is 10.1. The number of carbonyl (C=O) groups is 3. The van der Waals surface area contributed by atoms with Gasteiger partial charge in [-0.15, -0.1) is 0 Å². The van der Waals surface area contributed by atoms with E-state index in [0.717, 1.165) is 42.5 Å². The zero-order valence-corrected chi connectivity index (χ0v) is 26.9. The number of phenols is 1. The average molecular weight is 638 g/mol. The van der Waals surface area contributed by atoms with Crippen LogP contribution in [-0.2, 0) is 20.8 Å². The van der Waals surface area contributed by atoms with Gasteiger partial charge in [0.2, 0.25) is 5.78 Å². The molecule has 6 N–H and O–H groups in total. The van der Waals surface area contributed by atoms with Crippen LogP contribution < -0.4 is 10.6 Å². The van der Waals surface area contributed by atoms with Crippen LogP contribution in [0.3, 0.4) is 0 Å². The fraction of sp³-hybridized carbons (Fsp3) is 0.378. The van der Waals surface area contributed by atoms with Crippen molar-refractivity contribution in [3.63, 3.8) is 0 Å². The minimum atomic E-state index is -2.70. The van der Waals surface area contributed by atoms with Crippen molar-refractivity contribution in [2.45, 2.75) is 50.2 Å². The summed E-state index contributed by atoms with van der Waals surface area (Å²) in [5.41, 5.74) is 6.07. The number of amides is 1. The molecule has 0 aromatic heterocycles. The number of aromatic hydroxyl groups is 1. The fourth-order valence-electron chi connectivity index (χ4n) is 7.70. The number of likely N-dealkylation sites (N-methyl/N-ethyl adjacent to an activating group) is 1. The van der Waals surface area contributed by atoms with Crippen molar-refractivity contribution in [1.82, 2.24) is 4.90 Å². The van der Waals surface area contributed by atoms with Gasteiger partial charge in [-0.2, -0.15) is 0 Å². The van der Waals surface area contributed by atoms with E-state index in [0.29, 0.717) is 11.1 Å². The maximum absolute atomic E-state index is 14.3. The molecule has 0 heterocycles. The van der Waals surface area contributed by atoms with Crippen LogP contribution >= 0.6 is 0 Å². The van der Waals surface area contributed by atoms with E-state index < -0.39 is 58.0 Å². The second kappa shape index (κ2) is 11.7. The third kappa shape index (κ3) is 5.01. The number of fused-ring (bicyclic) bond motifs is 3. The molecule has 10 nitrogen and oxygen atoms in total. The van der Waals surface area contributed by atoms with Crippen molar-refractivity contribution in [3.05, 3.63) is 75.6 Å². The van der Waals surface area contributed by atoms with Gasteiger partial charge in [-0.05, 0) is 99.0 Å². The summed E-state index contributed by atoms with van der Waals surface area (Å²) in [6, 6.07) is 8.46. The van der Waals surface area contributed by atoms with E-state index in [-0.39, 0.29) is 35.3 Å². The lowest BCUT2D eigenvalue weighted by atomic mass is 9.57. The van der Waals surface area contributed by atoms with Crippen molar-refractivity contribution >= 4 is 28.9 Å². The molecule has 1 saturated carbocycles. The predicted octanol–water partition coefficient (Wildman–Crippen LogP) is 3.55. The number of benzene rings is 2. The number of hydrogen-bond acceptors (Lipinski definition) is 9. The molecular weight excluding hydrogens is 598 g/mol. The number of Topliss-reactive ketones (excluding diaryl/α,β-unsaturated/α-hetero) is 2. The number of primary amides is 1. The van der Waals surface area contributed by atoms with Crippen molar-refractivity contribution < 1.29 is 34.8 Å². The molecule has 6 rings (SSSR count). The van der Waals surface area contributed by atoms with Crippen LogP contribution in [0, 0.1) is 23.7 Å². The molecule has 0 radical (unpaired) electrons. The Kier molecular flexibility index (Phi) is 8.02. The van der Waals surface area contributed by atoms with Crippen molar-refractivity contribution in [2.24, 2.45) is 17.6 Å². The van der Waals surface area contributed by atoms with Gasteiger partial charge in [-0.3, -0.25) is 19.3 Å². The molecule has 4 aliphatic rings. The van der Waals surface area contributed by atoms with Crippen LogP contribution in [0.4, 0.5) is 5.69 Å². The van der Waals surface area contributed by atoms with Gasteiger partial charge in [0.05, 0.1) is 17.2 Å². The number of hydrogen-bond donors (Lipinski definition) is 5. The van der Waals surface area contributed by atoms with E-state index in [1.165, 1.54) is 4.90 Å².